The van der Waals surface area contributed by atoms with Gasteiger partial charge in [0.1, 0.15) is 0 Å². The molecule has 4 heteroatoms. The maximum atomic E-state index is 12.1. The summed E-state index contributed by atoms with van der Waals surface area (Å²) in [6, 6.07) is 15.3. The molecule has 0 aromatic heterocycles. The minimum Gasteiger partial charge on any atom is -0.399 e. The molecule has 2 rings (SSSR count). The van der Waals surface area contributed by atoms with Gasteiger partial charge in [0.25, 0.3) is 0 Å². The van der Waals surface area contributed by atoms with E-state index in [1.807, 2.05) is 67.3 Å². The second kappa shape index (κ2) is 6.79. The summed E-state index contributed by atoms with van der Waals surface area (Å²) in [5, 5.41) is 2.91. The molecule has 0 aliphatic carbocycles. The van der Waals surface area contributed by atoms with Crippen LogP contribution in [0.3, 0.4) is 0 Å². The maximum Gasteiger partial charge on any atom is 0.243 e. The molecule has 110 valence electrons. The van der Waals surface area contributed by atoms with E-state index in [1.54, 1.807) is 0 Å². The second-order valence-corrected chi connectivity index (χ2v) is 5.02. The lowest BCUT2D eigenvalue weighted by molar-refractivity contribution is -0.115. The Kier molecular flexibility index (Phi) is 4.82. The first-order valence-corrected chi connectivity index (χ1v) is 7.05. The van der Waals surface area contributed by atoms with Crippen LogP contribution in [0.5, 0.6) is 0 Å². The molecule has 1 amide bonds. The van der Waals surface area contributed by atoms with Gasteiger partial charge in [-0.3, -0.25) is 4.79 Å². The molecule has 0 aliphatic heterocycles. The molecule has 4 nitrogen and oxygen atoms in total. The predicted octanol–water partition coefficient (Wildman–Crippen LogP) is 3.04. The van der Waals surface area contributed by atoms with Crippen LogP contribution in [-0.4, -0.2) is 19.0 Å². The number of nitrogen functional groups attached to an aromatic ring is 1. The van der Waals surface area contributed by atoms with Gasteiger partial charge in [-0.15, -0.1) is 0 Å². The lowest BCUT2D eigenvalue weighted by atomic mass is 10.2. The highest BCUT2D eigenvalue weighted by Crippen LogP contribution is 2.17. The van der Waals surface area contributed by atoms with E-state index < -0.39 is 0 Å². The third-order valence-electron chi connectivity index (χ3n) is 3.29. The number of hydrogen-bond acceptors (Lipinski definition) is 3. The number of likely N-dealkylation sites (N-methyl/N-ethyl adjacent to an activating group) is 1. The van der Waals surface area contributed by atoms with E-state index in [1.165, 1.54) is 5.56 Å². The largest absolute Gasteiger partial charge is 0.399 e. The number of carbonyl (C=O) groups excluding carboxylic acids is 1. The Hall–Kier alpha value is -2.49. The third-order valence-corrected chi connectivity index (χ3v) is 3.29. The number of hydrogen-bond donors (Lipinski definition) is 2. The Labute approximate surface area is 125 Å². The molecule has 2 aromatic carbocycles. The third kappa shape index (κ3) is 4.24. The van der Waals surface area contributed by atoms with Crippen molar-refractivity contribution in [1.29, 1.82) is 0 Å². The molecular formula is C17H21N3O. The summed E-state index contributed by atoms with van der Waals surface area (Å²) in [6.07, 6.45) is 0. The Morgan fingerprint density at radius 2 is 1.90 bits per heavy atom. The van der Waals surface area contributed by atoms with Crippen LogP contribution in [0, 0.1) is 6.92 Å². The highest BCUT2D eigenvalue weighted by Gasteiger charge is 2.10. The van der Waals surface area contributed by atoms with Crippen molar-refractivity contribution in [3.63, 3.8) is 0 Å². The van der Waals surface area contributed by atoms with Gasteiger partial charge in [0.15, 0.2) is 0 Å². The number of rotatable bonds is 5. The number of benzene rings is 2. The number of carbonyl (C=O) groups is 1. The standard InChI is InChI=1S/C17H21N3O/c1-3-20(16-6-4-5-14(18)11-16)12-17(21)19-15-9-7-13(2)8-10-15/h4-11H,3,12,18H2,1-2H3,(H,19,21). The molecule has 0 heterocycles. The van der Waals surface area contributed by atoms with Gasteiger partial charge in [0, 0.05) is 23.6 Å². The minimum atomic E-state index is -0.0388. The molecule has 0 atom stereocenters. The van der Waals surface area contributed by atoms with E-state index in [-0.39, 0.29) is 5.91 Å². The second-order valence-electron chi connectivity index (χ2n) is 5.02. The fourth-order valence-electron chi connectivity index (χ4n) is 2.12. The monoisotopic (exact) mass is 283 g/mol. The molecule has 2 aromatic rings. The van der Waals surface area contributed by atoms with Gasteiger partial charge in [-0.1, -0.05) is 23.8 Å². The lowest BCUT2D eigenvalue weighted by Gasteiger charge is -2.22. The molecule has 0 saturated carbocycles. The Balaban J connectivity index is 2.01. The van der Waals surface area contributed by atoms with Crippen molar-refractivity contribution >= 4 is 23.0 Å². The van der Waals surface area contributed by atoms with Crippen LogP contribution in [0.25, 0.3) is 0 Å². The number of amides is 1. The predicted molar refractivity (Wildman–Crippen MR) is 88.6 cm³/mol. The SMILES string of the molecule is CCN(CC(=O)Nc1ccc(C)cc1)c1cccc(N)c1. The molecule has 0 saturated heterocycles. The van der Waals surface area contributed by atoms with Crippen LogP contribution in [-0.2, 0) is 4.79 Å². The number of aryl methyl sites for hydroxylation is 1. The van der Waals surface area contributed by atoms with Crippen molar-refractivity contribution in [2.24, 2.45) is 0 Å². The van der Waals surface area contributed by atoms with Crippen molar-refractivity contribution in [3.8, 4) is 0 Å². The highest BCUT2D eigenvalue weighted by atomic mass is 16.2. The molecule has 21 heavy (non-hydrogen) atoms. The molecule has 3 N–H and O–H groups in total. The van der Waals surface area contributed by atoms with Gasteiger partial charge in [-0.2, -0.15) is 0 Å². The Bertz CT molecular complexity index is 608. The first-order chi connectivity index (χ1) is 10.1. The summed E-state index contributed by atoms with van der Waals surface area (Å²) >= 11 is 0. The summed E-state index contributed by atoms with van der Waals surface area (Å²) in [7, 11) is 0. The van der Waals surface area contributed by atoms with Crippen LogP contribution in [0.4, 0.5) is 17.1 Å². The molecule has 0 spiro atoms. The first-order valence-electron chi connectivity index (χ1n) is 7.05. The summed E-state index contributed by atoms with van der Waals surface area (Å²) in [6.45, 7) is 5.07. The summed E-state index contributed by atoms with van der Waals surface area (Å²) in [5.74, 6) is -0.0388. The van der Waals surface area contributed by atoms with Crippen LogP contribution >= 0.6 is 0 Å². The van der Waals surface area contributed by atoms with Crippen LogP contribution in [0.15, 0.2) is 48.5 Å². The summed E-state index contributed by atoms with van der Waals surface area (Å²) < 4.78 is 0. The number of nitrogens with one attached hydrogen (secondary N) is 1. The van der Waals surface area contributed by atoms with Crippen LogP contribution < -0.4 is 16.0 Å². The number of nitrogens with two attached hydrogens (primary N) is 1. The van der Waals surface area contributed by atoms with Crippen molar-refractivity contribution in [1.82, 2.24) is 0 Å². The van der Waals surface area contributed by atoms with E-state index in [2.05, 4.69) is 5.32 Å². The van der Waals surface area contributed by atoms with E-state index in [0.717, 1.165) is 17.9 Å². The summed E-state index contributed by atoms with van der Waals surface area (Å²) in [4.78, 5) is 14.1. The number of anilines is 3. The van der Waals surface area contributed by atoms with Gasteiger partial charge in [0.05, 0.1) is 6.54 Å². The molecule has 0 unspecified atom stereocenters. The first kappa shape index (κ1) is 14.9. The maximum absolute atomic E-state index is 12.1. The smallest absolute Gasteiger partial charge is 0.243 e. The molecule has 0 radical (unpaired) electrons. The van der Waals surface area contributed by atoms with Crippen molar-refractivity contribution < 1.29 is 4.79 Å². The van der Waals surface area contributed by atoms with Gasteiger partial charge < -0.3 is 16.0 Å². The lowest BCUT2D eigenvalue weighted by Crippen LogP contribution is -2.33. The highest BCUT2D eigenvalue weighted by molar-refractivity contribution is 5.94. The zero-order chi connectivity index (χ0) is 15.2. The Morgan fingerprint density at radius 3 is 2.52 bits per heavy atom. The average Bonchev–Trinajstić information content (AvgIpc) is 2.47. The van der Waals surface area contributed by atoms with E-state index >= 15 is 0 Å². The van der Waals surface area contributed by atoms with Gasteiger partial charge in [-0.05, 0) is 44.2 Å². The van der Waals surface area contributed by atoms with Gasteiger partial charge >= 0.3 is 0 Å². The topological polar surface area (TPSA) is 58.4 Å². The van der Waals surface area contributed by atoms with Gasteiger partial charge in [0.2, 0.25) is 5.91 Å². The van der Waals surface area contributed by atoms with Crippen molar-refractivity contribution in [2.75, 3.05) is 29.0 Å². The normalized spacial score (nSPS) is 10.2. The van der Waals surface area contributed by atoms with E-state index in [9.17, 15) is 4.79 Å². The van der Waals surface area contributed by atoms with Crippen LogP contribution in [0.1, 0.15) is 12.5 Å². The Morgan fingerprint density at radius 1 is 1.19 bits per heavy atom. The minimum absolute atomic E-state index is 0.0388. The zero-order valence-corrected chi connectivity index (χ0v) is 12.5. The fourth-order valence-corrected chi connectivity index (χ4v) is 2.12. The molecular weight excluding hydrogens is 262 g/mol. The van der Waals surface area contributed by atoms with Crippen molar-refractivity contribution in [2.45, 2.75) is 13.8 Å². The molecule has 0 fully saturated rings. The molecule has 0 aliphatic rings. The van der Waals surface area contributed by atoms with E-state index in [4.69, 9.17) is 5.73 Å². The number of nitrogens with zero attached hydrogens (tertiary/aromatic N) is 1. The van der Waals surface area contributed by atoms with Gasteiger partial charge in [-0.25, -0.2) is 0 Å². The van der Waals surface area contributed by atoms with E-state index in [0.29, 0.717) is 12.2 Å². The summed E-state index contributed by atoms with van der Waals surface area (Å²) in [5.41, 5.74) is 9.43. The van der Waals surface area contributed by atoms with Crippen LogP contribution in [0.2, 0.25) is 0 Å². The zero-order valence-electron chi connectivity index (χ0n) is 12.5. The van der Waals surface area contributed by atoms with Crippen molar-refractivity contribution in [3.05, 3.63) is 54.1 Å². The average molecular weight is 283 g/mol. The quantitative estimate of drug-likeness (QED) is 0.829. The molecule has 0 bridgehead atoms. The fraction of sp³-hybridized carbons (Fsp3) is 0.235.